The maximum absolute atomic E-state index is 12.9. The Balaban J connectivity index is 1.17. The van der Waals surface area contributed by atoms with E-state index >= 15 is 0 Å². The highest BCUT2D eigenvalue weighted by atomic mass is 16.7. The maximum Gasteiger partial charge on any atom is 0.254 e. The molecule has 29 heavy (non-hydrogen) atoms. The molecule has 0 bridgehead atoms. The van der Waals surface area contributed by atoms with Crippen molar-refractivity contribution in [1.29, 1.82) is 0 Å². The van der Waals surface area contributed by atoms with Crippen molar-refractivity contribution in [2.75, 3.05) is 38.7 Å². The van der Waals surface area contributed by atoms with Gasteiger partial charge >= 0.3 is 0 Å². The van der Waals surface area contributed by atoms with Crippen LogP contribution in [0.2, 0.25) is 0 Å². The molecule has 2 fully saturated rings. The first-order valence-corrected chi connectivity index (χ1v) is 9.93. The molecule has 1 aliphatic carbocycles. The van der Waals surface area contributed by atoms with Crippen LogP contribution in [0, 0.1) is 5.92 Å². The van der Waals surface area contributed by atoms with E-state index in [9.17, 15) is 9.59 Å². The second kappa shape index (κ2) is 6.99. The zero-order valence-corrected chi connectivity index (χ0v) is 16.0. The van der Waals surface area contributed by atoms with Gasteiger partial charge in [-0.15, -0.1) is 0 Å². The fourth-order valence-corrected chi connectivity index (χ4v) is 4.20. The quantitative estimate of drug-likeness (QED) is 0.807. The van der Waals surface area contributed by atoms with E-state index in [1.165, 1.54) is 0 Å². The molecule has 2 unspecified atom stereocenters. The van der Waals surface area contributed by atoms with Gasteiger partial charge in [-0.3, -0.25) is 9.59 Å². The van der Waals surface area contributed by atoms with Crippen LogP contribution in [0.1, 0.15) is 28.3 Å². The van der Waals surface area contributed by atoms with Crippen LogP contribution in [0.4, 0.5) is 5.69 Å². The maximum atomic E-state index is 12.9. The average Bonchev–Trinajstić information content (AvgIpc) is 3.41. The molecule has 2 atom stereocenters. The fraction of sp³-hybridized carbons (Fsp3) is 0.364. The first-order valence-electron chi connectivity index (χ1n) is 9.93. The molecule has 7 nitrogen and oxygen atoms in total. The minimum atomic E-state index is -0.0333. The first-order chi connectivity index (χ1) is 14.1. The van der Waals surface area contributed by atoms with Gasteiger partial charge in [0.1, 0.15) is 0 Å². The summed E-state index contributed by atoms with van der Waals surface area (Å²) in [4.78, 5) is 29.3. The minimum Gasteiger partial charge on any atom is -0.454 e. The molecule has 1 saturated heterocycles. The summed E-state index contributed by atoms with van der Waals surface area (Å²) in [7, 11) is 0. The van der Waals surface area contributed by atoms with Gasteiger partial charge in [0.2, 0.25) is 12.7 Å². The number of ether oxygens (including phenoxy) is 2. The number of nitrogens with two attached hydrogens (primary N) is 1. The van der Waals surface area contributed by atoms with Crippen LogP contribution in [0.5, 0.6) is 11.5 Å². The second-order valence-corrected chi connectivity index (χ2v) is 7.80. The average molecular weight is 393 g/mol. The molecule has 5 rings (SSSR count). The van der Waals surface area contributed by atoms with E-state index in [2.05, 4.69) is 0 Å². The Bertz CT molecular complexity index is 968. The van der Waals surface area contributed by atoms with Crippen molar-refractivity contribution in [2.45, 2.75) is 12.3 Å². The second-order valence-electron chi connectivity index (χ2n) is 7.80. The van der Waals surface area contributed by atoms with Gasteiger partial charge in [-0.1, -0.05) is 12.1 Å². The summed E-state index contributed by atoms with van der Waals surface area (Å²) in [6.45, 7) is 2.47. The molecule has 150 valence electrons. The topological polar surface area (TPSA) is 85.1 Å². The van der Waals surface area contributed by atoms with E-state index in [1.54, 1.807) is 29.2 Å². The number of amides is 2. The molecule has 1 saturated carbocycles. The number of benzene rings is 2. The standard InChI is InChI=1S/C22H23N3O4/c23-16-3-1-2-15(10-16)21(26)24-6-8-25(9-7-24)22(27)18-12-17(18)14-4-5-19-20(11-14)29-13-28-19/h1-5,10-11,17-18H,6-9,12-13,23H2. The number of piperazine rings is 1. The Morgan fingerprint density at radius 2 is 1.69 bits per heavy atom. The summed E-state index contributed by atoms with van der Waals surface area (Å²) in [5, 5.41) is 0. The van der Waals surface area contributed by atoms with Gasteiger partial charge in [0, 0.05) is 43.3 Å². The van der Waals surface area contributed by atoms with Crippen LogP contribution in [0.15, 0.2) is 42.5 Å². The molecular weight excluding hydrogens is 370 g/mol. The lowest BCUT2D eigenvalue weighted by molar-refractivity contribution is -0.134. The largest absolute Gasteiger partial charge is 0.454 e. The number of fused-ring (bicyclic) bond motifs is 1. The summed E-state index contributed by atoms with van der Waals surface area (Å²) >= 11 is 0. The highest BCUT2D eigenvalue weighted by Crippen LogP contribution is 2.50. The normalized spacial score (nSPS) is 22.5. The monoisotopic (exact) mass is 393 g/mol. The van der Waals surface area contributed by atoms with E-state index in [0.29, 0.717) is 37.4 Å². The van der Waals surface area contributed by atoms with Gasteiger partial charge in [0.25, 0.3) is 5.91 Å². The Labute approximate surface area is 169 Å². The Kier molecular flexibility index (Phi) is 4.30. The number of carbonyl (C=O) groups is 2. The van der Waals surface area contributed by atoms with Crippen LogP contribution in [-0.4, -0.2) is 54.6 Å². The Morgan fingerprint density at radius 3 is 2.48 bits per heavy atom. The Morgan fingerprint density at radius 1 is 0.931 bits per heavy atom. The van der Waals surface area contributed by atoms with Crippen LogP contribution in [0.25, 0.3) is 0 Å². The predicted octanol–water partition coefficient (Wildman–Crippen LogP) is 2.09. The van der Waals surface area contributed by atoms with Crippen LogP contribution in [0.3, 0.4) is 0 Å². The fourth-order valence-electron chi connectivity index (χ4n) is 4.20. The van der Waals surface area contributed by atoms with Gasteiger partial charge in [0.05, 0.1) is 0 Å². The minimum absolute atomic E-state index is 0.0199. The van der Waals surface area contributed by atoms with Crippen LogP contribution in [-0.2, 0) is 4.79 Å². The molecule has 0 aromatic heterocycles. The van der Waals surface area contributed by atoms with E-state index in [-0.39, 0.29) is 30.4 Å². The third-order valence-electron chi connectivity index (χ3n) is 5.94. The van der Waals surface area contributed by atoms with Crippen molar-refractivity contribution in [2.24, 2.45) is 5.92 Å². The molecule has 2 aliphatic heterocycles. The van der Waals surface area contributed by atoms with Gasteiger partial charge in [-0.05, 0) is 48.2 Å². The van der Waals surface area contributed by atoms with E-state index in [4.69, 9.17) is 15.2 Å². The van der Waals surface area contributed by atoms with E-state index in [1.807, 2.05) is 23.1 Å². The number of nitrogens with zero attached hydrogens (tertiary/aromatic N) is 2. The zero-order valence-electron chi connectivity index (χ0n) is 16.0. The van der Waals surface area contributed by atoms with Crippen molar-refractivity contribution in [3.05, 3.63) is 53.6 Å². The highest BCUT2D eigenvalue weighted by Gasteiger charge is 2.46. The molecule has 0 radical (unpaired) electrons. The van der Waals surface area contributed by atoms with Gasteiger partial charge in [-0.2, -0.15) is 0 Å². The lowest BCUT2D eigenvalue weighted by Gasteiger charge is -2.35. The zero-order chi connectivity index (χ0) is 20.0. The van der Waals surface area contributed by atoms with Crippen molar-refractivity contribution in [3.8, 4) is 11.5 Å². The molecule has 7 heteroatoms. The Hall–Kier alpha value is -3.22. The molecule has 2 aromatic rings. The molecule has 0 spiro atoms. The number of anilines is 1. The molecular formula is C22H23N3O4. The van der Waals surface area contributed by atoms with Crippen LogP contribution < -0.4 is 15.2 Å². The lowest BCUT2D eigenvalue weighted by Crippen LogP contribution is -2.51. The van der Waals surface area contributed by atoms with Crippen molar-refractivity contribution in [1.82, 2.24) is 9.80 Å². The van der Waals surface area contributed by atoms with Crippen molar-refractivity contribution in [3.63, 3.8) is 0 Å². The van der Waals surface area contributed by atoms with Gasteiger partial charge < -0.3 is 25.0 Å². The van der Waals surface area contributed by atoms with Crippen molar-refractivity contribution < 1.29 is 19.1 Å². The number of rotatable bonds is 3. The number of hydrogen-bond donors (Lipinski definition) is 1. The third kappa shape index (κ3) is 3.37. The van der Waals surface area contributed by atoms with E-state index in [0.717, 1.165) is 23.5 Å². The molecule has 2 N–H and O–H groups in total. The summed E-state index contributed by atoms with van der Waals surface area (Å²) in [6.07, 6.45) is 0.862. The highest BCUT2D eigenvalue weighted by molar-refractivity contribution is 5.95. The summed E-state index contributed by atoms with van der Waals surface area (Å²) in [5.41, 5.74) is 8.08. The summed E-state index contributed by atoms with van der Waals surface area (Å²) in [5.74, 6) is 1.93. The van der Waals surface area contributed by atoms with Gasteiger partial charge in [-0.25, -0.2) is 0 Å². The first kappa shape index (κ1) is 17.8. The predicted molar refractivity (Wildman–Crippen MR) is 107 cm³/mol. The molecule has 2 heterocycles. The molecule has 2 aromatic carbocycles. The van der Waals surface area contributed by atoms with Crippen molar-refractivity contribution >= 4 is 17.5 Å². The van der Waals surface area contributed by atoms with Gasteiger partial charge in [0.15, 0.2) is 11.5 Å². The number of nitrogen functional groups attached to an aromatic ring is 1. The summed E-state index contributed by atoms with van der Waals surface area (Å²) < 4.78 is 10.8. The summed E-state index contributed by atoms with van der Waals surface area (Å²) in [6, 6.07) is 12.9. The van der Waals surface area contributed by atoms with E-state index < -0.39 is 0 Å². The van der Waals surface area contributed by atoms with Crippen LogP contribution >= 0.6 is 0 Å². The molecule has 3 aliphatic rings. The number of hydrogen-bond acceptors (Lipinski definition) is 5. The number of carbonyl (C=O) groups excluding carboxylic acids is 2. The molecule has 2 amide bonds. The third-order valence-corrected chi connectivity index (χ3v) is 5.94. The smallest absolute Gasteiger partial charge is 0.254 e. The SMILES string of the molecule is Nc1cccc(C(=O)N2CCN(C(=O)C3CC3c3ccc4c(c3)OCO4)CC2)c1. The lowest BCUT2D eigenvalue weighted by atomic mass is 10.1.